The van der Waals surface area contributed by atoms with Crippen LogP contribution in [0.15, 0.2) is 67.3 Å². The quantitative estimate of drug-likeness (QED) is 0.461. The number of hydrogen-bond donors (Lipinski definition) is 1. The van der Waals surface area contributed by atoms with Crippen molar-refractivity contribution in [3.05, 3.63) is 83.9 Å². The standard InChI is InChI=1S/C19H19NO2/c1-2-18(21)16-8-10-17(11-9-16)19(22)12-13-20-14-15-6-4-3-5-7-15/h2-11,20H,1,12-14H2. The van der Waals surface area contributed by atoms with Gasteiger partial charge in [-0.1, -0.05) is 61.2 Å². The SMILES string of the molecule is C=CC(=O)c1ccc(C(=O)CCNCc2ccccc2)cc1. The van der Waals surface area contributed by atoms with E-state index in [0.29, 0.717) is 24.1 Å². The van der Waals surface area contributed by atoms with E-state index < -0.39 is 0 Å². The molecule has 22 heavy (non-hydrogen) atoms. The van der Waals surface area contributed by atoms with Crippen LogP contribution in [0, 0.1) is 0 Å². The van der Waals surface area contributed by atoms with Crippen LogP contribution >= 0.6 is 0 Å². The maximum Gasteiger partial charge on any atom is 0.185 e. The minimum atomic E-state index is -0.136. The molecular formula is C19H19NO2. The Morgan fingerprint density at radius 1 is 0.955 bits per heavy atom. The van der Waals surface area contributed by atoms with Crippen LogP contribution in [0.1, 0.15) is 32.7 Å². The van der Waals surface area contributed by atoms with Gasteiger partial charge in [-0.3, -0.25) is 9.59 Å². The molecule has 0 aliphatic heterocycles. The van der Waals surface area contributed by atoms with Gasteiger partial charge in [-0.2, -0.15) is 0 Å². The maximum atomic E-state index is 12.1. The molecule has 3 nitrogen and oxygen atoms in total. The summed E-state index contributed by atoms with van der Waals surface area (Å²) in [4.78, 5) is 23.5. The Hall–Kier alpha value is -2.52. The van der Waals surface area contributed by atoms with Gasteiger partial charge in [0.25, 0.3) is 0 Å². The minimum absolute atomic E-state index is 0.0677. The Labute approximate surface area is 130 Å². The summed E-state index contributed by atoms with van der Waals surface area (Å²) in [6.07, 6.45) is 1.70. The van der Waals surface area contributed by atoms with Crippen LogP contribution in [0.5, 0.6) is 0 Å². The molecule has 0 fully saturated rings. The second-order valence-corrected chi connectivity index (χ2v) is 4.98. The van der Waals surface area contributed by atoms with Crippen LogP contribution < -0.4 is 5.32 Å². The van der Waals surface area contributed by atoms with Gasteiger partial charge in [0.2, 0.25) is 0 Å². The van der Waals surface area contributed by atoms with E-state index in [1.54, 1.807) is 24.3 Å². The molecule has 0 amide bonds. The fraction of sp³-hybridized carbons (Fsp3) is 0.158. The Kier molecular flexibility index (Phi) is 5.81. The third-order valence-electron chi connectivity index (χ3n) is 3.38. The lowest BCUT2D eigenvalue weighted by atomic mass is 10.0. The summed E-state index contributed by atoms with van der Waals surface area (Å²) in [6, 6.07) is 16.8. The van der Waals surface area contributed by atoms with Crippen molar-refractivity contribution in [3.8, 4) is 0 Å². The zero-order valence-corrected chi connectivity index (χ0v) is 12.4. The predicted octanol–water partition coefficient (Wildman–Crippen LogP) is 3.42. The highest BCUT2D eigenvalue weighted by molar-refractivity contribution is 6.05. The third-order valence-corrected chi connectivity index (χ3v) is 3.38. The maximum absolute atomic E-state index is 12.1. The molecule has 2 aromatic rings. The summed E-state index contributed by atoms with van der Waals surface area (Å²) in [7, 11) is 0. The topological polar surface area (TPSA) is 46.2 Å². The highest BCUT2D eigenvalue weighted by atomic mass is 16.1. The molecule has 112 valence electrons. The molecule has 1 N–H and O–H groups in total. The number of allylic oxidation sites excluding steroid dienone is 1. The molecule has 2 aromatic carbocycles. The van der Waals surface area contributed by atoms with Gasteiger partial charge in [0.15, 0.2) is 11.6 Å². The van der Waals surface area contributed by atoms with E-state index in [-0.39, 0.29) is 11.6 Å². The van der Waals surface area contributed by atoms with Crippen molar-refractivity contribution in [2.75, 3.05) is 6.54 Å². The summed E-state index contributed by atoms with van der Waals surface area (Å²) in [5, 5.41) is 3.25. The summed E-state index contributed by atoms with van der Waals surface area (Å²) in [6.45, 7) is 4.82. The van der Waals surface area contributed by atoms with Crippen LogP contribution in [0.25, 0.3) is 0 Å². The largest absolute Gasteiger partial charge is 0.312 e. The first-order valence-corrected chi connectivity index (χ1v) is 7.25. The van der Waals surface area contributed by atoms with Gasteiger partial charge in [-0.25, -0.2) is 0 Å². The number of carbonyl (C=O) groups is 2. The molecule has 0 spiro atoms. The number of carbonyl (C=O) groups excluding carboxylic acids is 2. The van der Waals surface area contributed by atoms with Gasteiger partial charge >= 0.3 is 0 Å². The van der Waals surface area contributed by atoms with Crippen molar-refractivity contribution in [2.45, 2.75) is 13.0 Å². The molecule has 0 bridgehead atoms. The van der Waals surface area contributed by atoms with Gasteiger partial charge in [-0.15, -0.1) is 0 Å². The Bertz CT molecular complexity index is 645. The Balaban J connectivity index is 1.79. The first-order valence-electron chi connectivity index (χ1n) is 7.25. The van der Waals surface area contributed by atoms with Crippen LogP contribution in [0.2, 0.25) is 0 Å². The summed E-state index contributed by atoms with van der Waals surface area (Å²) < 4.78 is 0. The molecule has 0 aromatic heterocycles. The lowest BCUT2D eigenvalue weighted by molar-refractivity contribution is 0.0980. The average Bonchev–Trinajstić information content (AvgIpc) is 2.59. The molecule has 0 saturated heterocycles. The van der Waals surface area contributed by atoms with Gasteiger partial charge in [0.1, 0.15) is 0 Å². The number of ketones is 2. The lowest BCUT2D eigenvalue weighted by Gasteiger charge is -2.05. The molecule has 0 saturated carbocycles. The molecule has 0 atom stereocenters. The first kappa shape index (κ1) is 15.9. The van der Waals surface area contributed by atoms with Crippen molar-refractivity contribution in [1.82, 2.24) is 5.32 Å². The monoisotopic (exact) mass is 293 g/mol. The van der Waals surface area contributed by atoms with Crippen LogP contribution in [-0.4, -0.2) is 18.1 Å². The van der Waals surface area contributed by atoms with Crippen molar-refractivity contribution >= 4 is 11.6 Å². The van der Waals surface area contributed by atoms with E-state index >= 15 is 0 Å². The van der Waals surface area contributed by atoms with Crippen molar-refractivity contribution in [3.63, 3.8) is 0 Å². The van der Waals surface area contributed by atoms with E-state index in [9.17, 15) is 9.59 Å². The Morgan fingerprint density at radius 2 is 1.59 bits per heavy atom. The zero-order valence-electron chi connectivity index (χ0n) is 12.4. The van der Waals surface area contributed by atoms with Crippen molar-refractivity contribution < 1.29 is 9.59 Å². The van der Waals surface area contributed by atoms with Gasteiger partial charge in [-0.05, 0) is 11.6 Å². The average molecular weight is 293 g/mol. The van der Waals surface area contributed by atoms with Crippen molar-refractivity contribution in [2.24, 2.45) is 0 Å². The second-order valence-electron chi connectivity index (χ2n) is 4.98. The van der Waals surface area contributed by atoms with E-state index in [1.807, 2.05) is 30.3 Å². The molecule has 0 aliphatic carbocycles. The third kappa shape index (κ3) is 4.50. The molecule has 0 radical (unpaired) electrons. The zero-order chi connectivity index (χ0) is 15.8. The molecule has 2 rings (SSSR count). The smallest absolute Gasteiger partial charge is 0.185 e. The second kappa shape index (κ2) is 8.05. The number of rotatable bonds is 8. The van der Waals surface area contributed by atoms with Gasteiger partial charge in [0, 0.05) is 30.6 Å². The van der Waals surface area contributed by atoms with Crippen LogP contribution in [0.3, 0.4) is 0 Å². The fourth-order valence-electron chi connectivity index (χ4n) is 2.11. The summed E-state index contributed by atoms with van der Waals surface area (Å²) in [5.41, 5.74) is 2.37. The van der Waals surface area contributed by atoms with E-state index in [4.69, 9.17) is 0 Å². The number of Topliss-reactive ketones (excluding diaryl/α,β-unsaturated/α-hetero) is 1. The molecule has 3 heteroatoms. The summed E-state index contributed by atoms with van der Waals surface area (Å²) >= 11 is 0. The highest BCUT2D eigenvalue weighted by Gasteiger charge is 2.07. The van der Waals surface area contributed by atoms with E-state index in [1.165, 1.54) is 11.6 Å². The van der Waals surface area contributed by atoms with E-state index in [0.717, 1.165) is 6.54 Å². The van der Waals surface area contributed by atoms with E-state index in [2.05, 4.69) is 11.9 Å². The Morgan fingerprint density at radius 3 is 2.23 bits per heavy atom. The number of benzene rings is 2. The van der Waals surface area contributed by atoms with Crippen LogP contribution in [0.4, 0.5) is 0 Å². The molecular weight excluding hydrogens is 274 g/mol. The predicted molar refractivity (Wildman–Crippen MR) is 88.1 cm³/mol. The van der Waals surface area contributed by atoms with Gasteiger partial charge in [0.05, 0.1) is 0 Å². The molecule has 0 unspecified atom stereocenters. The highest BCUT2D eigenvalue weighted by Crippen LogP contribution is 2.08. The first-order chi connectivity index (χ1) is 10.7. The molecule has 0 aliphatic rings. The van der Waals surface area contributed by atoms with Gasteiger partial charge < -0.3 is 5.32 Å². The van der Waals surface area contributed by atoms with Crippen LogP contribution in [-0.2, 0) is 6.54 Å². The minimum Gasteiger partial charge on any atom is -0.312 e. The number of hydrogen-bond acceptors (Lipinski definition) is 3. The lowest BCUT2D eigenvalue weighted by Crippen LogP contribution is -2.17. The number of nitrogens with one attached hydrogen (secondary N) is 1. The van der Waals surface area contributed by atoms with Crippen molar-refractivity contribution in [1.29, 1.82) is 0 Å². The summed E-state index contributed by atoms with van der Waals surface area (Å²) in [5.74, 6) is -0.0679. The fourth-order valence-corrected chi connectivity index (χ4v) is 2.11. The molecule has 0 heterocycles. The normalized spacial score (nSPS) is 10.2.